The van der Waals surface area contributed by atoms with Crippen molar-refractivity contribution in [1.82, 2.24) is 10.3 Å². The number of halogens is 5. The van der Waals surface area contributed by atoms with Crippen LogP contribution in [0.1, 0.15) is 42.5 Å². The van der Waals surface area contributed by atoms with Crippen LogP contribution in [0.25, 0.3) is 10.9 Å². The van der Waals surface area contributed by atoms with E-state index >= 15 is 0 Å². The zero-order valence-corrected chi connectivity index (χ0v) is 18.0. The summed E-state index contributed by atoms with van der Waals surface area (Å²) in [5, 5.41) is 13.9. The number of nitrogens with zero attached hydrogens (tertiary/aromatic N) is 2. The van der Waals surface area contributed by atoms with Gasteiger partial charge in [-0.05, 0) is 56.4 Å². The van der Waals surface area contributed by atoms with Gasteiger partial charge in [-0.2, -0.15) is 13.2 Å². The summed E-state index contributed by atoms with van der Waals surface area (Å²) in [5.41, 5.74) is -0.998. The molecule has 1 amide bonds. The third-order valence-electron chi connectivity index (χ3n) is 6.35. The number of anilines is 1. The van der Waals surface area contributed by atoms with Gasteiger partial charge in [0.05, 0.1) is 34.2 Å². The fourth-order valence-corrected chi connectivity index (χ4v) is 4.86. The van der Waals surface area contributed by atoms with Crippen LogP contribution in [-0.4, -0.2) is 53.6 Å². The maximum Gasteiger partial charge on any atom is 0.391 e. The Morgan fingerprint density at radius 1 is 1.28 bits per heavy atom. The molecule has 2 unspecified atom stereocenters. The van der Waals surface area contributed by atoms with Crippen molar-refractivity contribution < 1.29 is 27.5 Å². The van der Waals surface area contributed by atoms with E-state index in [0.717, 1.165) is 0 Å². The monoisotopic (exact) mass is 473 g/mol. The summed E-state index contributed by atoms with van der Waals surface area (Å²) in [7, 11) is 0. The Morgan fingerprint density at radius 3 is 2.75 bits per heavy atom. The normalized spacial score (nSPS) is 26.5. The van der Waals surface area contributed by atoms with E-state index in [1.165, 1.54) is 6.07 Å². The Bertz CT molecular complexity index is 1020. The highest BCUT2D eigenvalue weighted by atomic mass is 35.5. The van der Waals surface area contributed by atoms with Gasteiger partial charge in [0.1, 0.15) is 12.0 Å². The Morgan fingerprint density at radius 2 is 2.06 bits per heavy atom. The lowest BCUT2D eigenvalue weighted by Gasteiger charge is -2.37. The van der Waals surface area contributed by atoms with Gasteiger partial charge in [0, 0.05) is 18.5 Å². The molecule has 2 N–H and O–H groups in total. The topological polar surface area (TPSA) is 65.5 Å². The predicted molar refractivity (Wildman–Crippen MR) is 114 cm³/mol. The summed E-state index contributed by atoms with van der Waals surface area (Å²) in [6.07, 6.45) is -4.90. The SMILES string of the molecule is O=C(NCC1(O)CCCC(C(F)(F)F)C1)c1c(Cl)ccc2nc(N3CC[C@@H](F)C3)ccc12. The van der Waals surface area contributed by atoms with Gasteiger partial charge < -0.3 is 15.3 Å². The fraction of sp³-hybridized carbons (Fsp3) is 0.545. The first-order valence-electron chi connectivity index (χ1n) is 10.6. The number of pyridine rings is 1. The Kier molecular flexibility index (Phi) is 6.24. The number of nitrogens with one attached hydrogen (secondary N) is 1. The minimum absolute atomic E-state index is 0.0247. The highest BCUT2D eigenvalue weighted by Crippen LogP contribution is 2.41. The zero-order chi connectivity index (χ0) is 23.1. The number of benzene rings is 1. The van der Waals surface area contributed by atoms with Gasteiger partial charge in [-0.15, -0.1) is 0 Å². The third kappa shape index (κ3) is 4.78. The molecule has 2 fully saturated rings. The summed E-state index contributed by atoms with van der Waals surface area (Å²) >= 11 is 6.26. The van der Waals surface area contributed by atoms with Gasteiger partial charge in [0.25, 0.3) is 5.91 Å². The zero-order valence-electron chi connectivity index (χ0n) is 17.3. The molecule has 1 saturated carbocycles. The lowest BCUT2D eigenvalue weighted by molar-refractivity contribution is -0.199. The van der Waals surface area contributed by atoms with Crippen molar-refractivity contribution in [3.63, 3.8) is 0 Å². The Balaban J connectivity index is 1.52. The molecule has 0 spiro atoms. The van der Waals surface area contributed by atoms with Crippen LogP contribution < -0.4 is 10.2 Å². The number of hydrogen-bond acceptors (Lipinski definition) is 4. The molecule has 5 nitrogen and oxygen atoms in total. The smallest absolute Gasteiger partial charge is 0.388 e. The number of amides is 1. The average molecular weight is 474 g/mol. The molecule has 2 aromatic rings. The van der Waals surface area contributed by atoms with E-state index in [4.69, 9.17) is 11.6 Å². The molecule has 4 rings (SSSR count). The summed E-state index contributed by atoms with van der Waals surface area (Å²) in [5.74, 6) is -1.58. The van der Waals surface area contributed by atoms with Crippen LogP contribution >= 0.6 is 11.6 Å². The van der Waals surface area contributed by atoms with Crippen molar-refractivity contribution in [2.45, 2.75) is 50.1 Å². The standard InChI is InChI=1S/C22H24ClF4N3O2/c23-16-4-5-17-15(3-6-18(29-17)30-9-7-14(24)11-30)19(16)20(31)28-12-21(32)8-1-2-13(10-21)22(25,26)27/h3-6,13-14,32H,1-2,7-12H2,(H,28,31)/t13?,14-,21?/m1/s1. The van der Waals surface area contributed by atoms with Crippen LogP contribution in [-0.2, 0) is 0 Å². The molecule has 1 aliphatic carbocycles. The van der Waals surface area contributed by atoms with Gasteiger partial charge in [-0.25, -0.2) is 9.37 Å². The van der Waals surface area contributed by atoms with Crippen molar-refractivity contribution in [2.75, 3.05) is 24.5 Å². The number of aromatic nitrogens is 1. The van der Waals surface area contributed by atoms with E-state index in [0.29, 0.717) is 29.7 Å². The van der Waals surface area contributed by atoms with Gasteiger partial charge in [0.15, 0.2) is 0 Å². The molecule has 0 radical (unpaired) electrons. The van der Waals surface area contributed by atoms with E-state index in [1.807, 2.05) is 4.90 Å². The maximum absolute atomic E-state index is 13.5. The molecule has 0 bridgehead atoms. The van der Waals surface area contributed by atoms with Crippen molar-refractivity contribution >= 4 is 34.2 Å². The van der Waals surface area contributed by atoms with Gasteiger partial charge in [-0.1, -0.05) is 11.6 Å². The number of alkyl halides is 4. The van der Waals surface area contributed by atoms with E-state index < -0.39 is 36.2 Å². The van der Waals surface area contributed by atoms with Crippen LogP contribution in [0.3, 0.4) is 0 Å². The van der Waals surface area contributed by atoms with Gasteiger partial charge in [0.2, 0.25) is 0 Å². The number of rotatable bonds is 4. The maximum atomic E-state index is 13.5. The van der Waals surface area contributed by atoms with Gasteiger partial charge in [-0.3, -0.25) is 4.79 Å². The molecule has 1 saturated heterocycles. The minimum Gasteiger partial charge on any atom is -0.388 e. The molecule has 32 heavy (non-hydrogen) atoms. The van der Waals surface area contributed by atoms with Gasteiger partial charge >= 0.3 is 6.18 Å². The second-order valence-corrected chi connectivity index (χ2v) is 9.14. The summed E-state index contributed by atoms with van der Waals surface area (Å²) < 4.78 is 52.8. The molecular weight excluding hydrogens is 450 g/mol. The van der Waals surface area contributed by atoms with Crippen molar-refractivity contribution in [2.24, 2.45) is 5.92 Å². The number of aliphatic hydroxyl groups is 1. The molecule has 2 heterocycles. The second kappa shape index (κ2) is 8.67. The van der Waals surface area contributed by atoms with Crippen LogP contribution in [0.4, 0.5) is 23.4 Å². The largest absolute Gasteiger partial charge is 0.391 e. The van der Waals surface area contributed by atoms with Crippen LogP contribution in [0.5, 0.6) is 0 Å². The first kappa shape index (κ1) is 23.0. The molecule has 2 aliphatic rings. The molecule has 1 aromatic carbocycles. The third-order valence-corrected chi connectivity index (χ3v) is 6.66. The Labute approximate surface area is 187 Å². The van der Waals surface area contributed by atoms with Crippen LogP contribution in [0, 0.1) is 5.92 Å². The van der Waals surface area contributed by atoms with Crippen molar-refractivity contribution in [3.8, 4) is 0 Å². The quantitative estimate of drug-likeness (QED) is 0.634. The number of fused-ring (bicyclic) bond motifs is 1. The van der Waals surface area contributed by atoms with E-state index in [9.17, 15) is 27.5 Å². The van der Waals surface area contributed by atoms with Crippen LogP contribution in [0.15, 0.2) is 24.3 Å². The summed E-state index contributed by atoms with van der Waals surface area (Å²) in [6.45, 7) is 0.511. The fourth-order valence-electron chi connectivity index (χ4n) is 4.61. The average Bonchev–Trinajstić information content (AvgIpc) is 3.17. The molecule has 174 valence electrons. The minimum atomic E-state index is -4.38. The highest BCUT2D eigenvalue weighted by molar-refractivity contribution is 6.35. The summed E-state index contributed by atoms with van der Waals surface area (Å²) in [6, 6.07) is 6.55. The first-order valence-corrected chi connectivity index (χ1v) is 11.0. The number of hydrogen-bond donors (Lipinski definition) is 2. The van der Waals surface area contributed by atoms with E-state index in [-0.39, 0.29) is 42.9 Å². The number of carbonyl (C=O) groups excluding carboxylic acids is 1. The predicted octanol–water partition coefficient (Wildman–Crippen LogP) is 4.65. The number of carbonyl (C=O) groups is 1. The van der Waals surface area contributed by atoms with Crippen molar-refractivity contribution in [3.05, 3.63) is 34.9 Å². The Hall–Kier alpha value is -2.13. The second-order valence-electron chi connectivity index (χ2n) is 8.73. The van der Waals surface area contributed by atoms with E-state index in [2.05, 4.69) is 10.3 Å². The molecular formula is C22H24ClF4N3O2. The van der Waals surface area contributed by atoms with E-state index in [1.54, 1.807) is 18.2 Å². The highest BCUT2D eigenvalue weighted by Gasteiger charge is 2.47. The molecule has 1 aliphatic heterocycles. The molecule has 1 aromatic heterocycles. The molecule has 10 heteroatoms. The lowest BCUT2D eigenvalue weighted by Crippen LogP contribution is -2.48. The lowest BCUT2D eigenvalue weighted by atomic mass is 9.77. The van der Waals surface area contributed by atoms with Crippen LogP contribution in [0.2, 0.25) is 5.02 Å². The first-order chi connectivity index (χ1) is 15.1. The summed E-state index contributed by atoms with van der Waals surface area (Å²) in [4.78, 5) is 19.3. The van der Waals surface area contributed by atoms with Crippen molar-refractivity contribution in [1.29, 1.82) is 0 Å². The molecule has 3 atom stereocenters.